The van der Waals surface area contributed by atoms with Crippen LogP contribution in [0.3, 0.4) is 0 Å². The lowest BCUT2D eigenvalue weighted by molar-refractivity contribution is -0.127. The number of hydrogen-bond acceptors (Lipinski definition) is 9. The highest BCUT2D eigenvalue weighted by molar-refractivity contribution is 6.22. The molecule has 10 heteroatoms. The predicted octanol–water partition coefficient (Wildman–Crippen LogP) is 3.50. The van der Waals surface area contributed by atoms with Gasteiger partial charge in [-0.2, -0.15) is 0 Å². The molecule has 1 aromatic carbocycles. The Morgan fingerprint density at radius 3 is 2.48 bits per heavy atom. The van der Waals surface area contributed by atoms with E-state index >= 15 is 0 Å². The Morgan fingerprint density at radius 1 is 1.10 bits per heavy atom. The average Bonchev–Trinajstić information content (AvgIpc) is 3.37. The number of aliphatic hydroxyl groups excluding tert-OH is 2. The van der Waals surface area contributed by atoms with Crippen LogP contribution < -0.4 is 5.73 Å². The van der Waals surface area contributed by atoms with Gasteiger partial charge in [-0.25, -0.2) is 0 Å². The van der Waals surface area contributed by atoms with E-state index in [4.69, 9.17) is 10.2 Å². The number of furan rings is 1. The third-order valence-electron chi connectivity index (χ3n) is 9.71. The molecule has 4 atom stereocenters. The number of allylic oxidation sites excluding steroid dienone is 2. The number of likely N-dealkylation sites (tertiary alicyclic amines) is 1. The molecule has 0 radical (unpaired) electrons. The van der Waals surface area contributed by atoms with Gasteiger partial charge in [-0.15, -0.1) is 0 Å². The fraction of sp³-hybridized carbons (Fsp3) is 0.469. The number of fused-ring (bicyclic) bond motifs is 3. The van der Waals surface area contributed by atoms with Crippen LogP contribution in [0.25, 0.3) is 11.3 Å². The Bertz CT molecular complexity index is 1540. The molecule has 0 saturated carbocycles. The van der Waals surface area contributed by atoms with E-state index in [0.717, 1.165) is 31.5 Å². The van der Waals surface area contributed by atoms with Gasteiger partial charge in [-0.05, 0) is 94.4 Å². The molecule has 2 aromatic rings. The smallest absolute Gasteiger partial charge is 0.255 e. The van der Waals surface area contributed by atoms with Crippen molar-refractivity contribution in [1.29, 1.82) is 0 Å². The zero-order valence-corrected chi connectivity index (χ0v) is 24.1. The predicted molar refractivity (Wildman–Crippen MR) is 154 cm³/mol. The van der Waals surface area contributed by atoms with Crippen molar-refractivity contribution in [1.82, 2.24) is 9.80 Å². The number of carbonyl (C=O) groups is 3. The van der Waals surface area contributed by atoms with Gasteiger partial charge in [0, 0.05) is 23.2 Å². The van der Waals surface area contributed by atoms with Crippen LogP contribution in [0.15, 0.2) is 51.5 Å². The first-order valence-electron chi connectivity index (χ1n) is 14.5. The normalized spacial score (nSPS) is 26.9. The average molecular weight is 576 g/mol. The Morgan fingerprint density at radius 2 is 1.81 bits per heavy atom. The van der Waals surface area contributed by atoms with Crippen LogP contribution in [0.4, 0.5) is 0 Å². The van der Waals surface area contributed by atoms with Gasteiger partial charge in [0.15, 0.2) is 11.6 Å². The Kier molecular flexibility index (Phi) is 7.01. The van der Waals surface area contributed by atoms with Gasteiger partial charge in [0.05, 0.1) is 23.8 Å². The molecule has 222 valence electrons. The molecule has 6 rings (SSSR count). The number of phenols is 1. The van der Waals surface area contributed by atoms with Gasteiger partial charge in [0.2, 0.25) is 0 Å². The molecule has 10 nitrogen and oxygen atoms in total. The number of aliphatic hydroxyl groups is 2. The molecule has 1 saturated heterocycles. The second-order valence-electron chi connectivity index (χ2n) is 12.5. The maximum atomic E-state index is 14.0. The molecule has 42 heavy (non-hydrogen) atoms. The summed E-state index contributed by atoms with van der Waals surface area (Å²) in [6, 6.07) is 4.41. The highest BCUT2D eigenvalue weighted by atomic mass is 16.3. The van der Waals surface area contributed by atoms with Crippen molar-refractivity contribution in [2.45, 2.75) is 45.2 Å². The lowest BCUT2D eigenvalue weighted by Gasteiger charge is -2.46. The zero-order chi connectivity index (χ0) is 30.0. The number of nitrogens with two attached hydrogens (primary N) is 1. The standard InChI is InChI=1S/C32H37N3O7/c1-15-6-9-35(10-7-15)14-16-8-11-42-31(16)18-4-5-21(36)23-19(18)12-17-13-20-24(28(38)22(17)27(23)37)29(39)25(32(33)41)30(40)26(20)34(2)3/h4-5,8,11,15,17,20,24,26,36,38,40H,6-7,9-10,12-14H2,1-3H3,(H2,33,41)/t17?,20?,24?,26-/m0/s1. The molecule has 2 heterocycles. The second-order valence-corrected chi connectivity index (χ2v) is 12.5. The van der Waals surface area contributed by atoms with Crippen LogP contribution in [0.5, 0.6) is 5.75 Å². The van der Waals surface area contributed by atoms with Crippen molar-refractivity contribution in [3.63, 3.8) is 0 Å². The van der Waals surface area contributed by atoms with Crippen molar-refractivity contribution in [3.8, 4) is 17.1 Å². The van der Waals surface area contributed by atoms with Gasteiger partial charge >= 0.3 is 0 Å². The topological polar surface area (TPSA) is 158 Å². The largest absolute Gasteiger partial charge is 0.511 e. The van der Waals surface area contributed by atoms with Crippen molar-refractivity contribution >= 4 is 17.5 Å². The van der Waals surface area contributed by atoms with Gasteiger partial charge in [-0.3, -0.25) is 24.2 Å². The SMILES string of the molecule is CC1CCN(Cc2ccoc2-c2ccc(O)c3c2CC2CC4C(C(=O)C(C(N)=O)=C(O)[C@H]4N(C)C)C(O)=C2C3=O)CC1. The number of carbonyl (C=O) groups excluding carboxylic acids is 3. The number of phenolic OH excluding ortho intramolecular Hbond substituents is 1. The van der Waals surface area contributed by atoms with Crippen molar-refractivity contribution in [2.24, 2.45) is 29.4 Å². The molecule has 1 amide bonds. The first-order valence-corrected chi connectivity index (χ1v) is 14.5. The van der Waals surface area contributed by atoms with Crippen LogP contribution in [0, 0.1) is 23.7 Å². The minimum absolute atomic E-state index is 0.0642. The maximum Gasteiger partial charge on any atom is 0.255 e. The minimum atomic E-state index is -1.21. The summed E-state index contributed by atoms with van der Waals surface area (Å²) in [6.45, 7) is 4.98. The summed E-state index contributed by atoms with van der Waals surface area (Å²) in [5.74, 6) is -4.41. The molecule has 4 aliphatic rings. The van der Waals surface area contributed by atoms with Gasteiger partial charge in [0.25, 0.3) is 5.91 Å². The van der Waals surface area contributed by atoms with E-state index in [1.165, 1.54) is 6.07 Å². The molecule has 0 spiro atoms. The van der Waals surface area contributed by atoms with E-state index in [1.54, 1.807) is 31.3 Å². The van der Waals surface area contributed by atoms with Crippen LogP contribution in [0.2, 0.25) is 0 Å². The first-order chi connectivity index (χ1) is 20.0. The molecule has 3 unspecified atom stereocenters. The fourth-order valence-electron chi connectivity index (χ4n) is 7.64. The Labute approximate surface area is 244 Å². The van der Waals surface area contributed by atoms with Gasteiger partial charge < -0.3 is 25.5 Å². The summed E-state index contributed by atoms with van der Waals surface area (Å²) in [6.07, 6.45) is 4.54. The lowest BCUT2D eigenvalue weighted by Crippen LogP contribution is -2.53. The van der Waals surface area contributed by atoms with Crippen molar-refractivity contribution in [2.75, 3.05) is 27.2 Å². The van der Waals surface area contributed by atoms with E-state index in [9.17, 15) is 29.7 Å². The quantitative estimate of drug-likeness (QED) is 0.392. The Balaban J connectivity index is 1.42. The monoisotopic (exact) mass is 575 g/mol. The van der Waals surface area contributed by atoms with Crippen LogP contribution in [-0.4, -0.2) is 75.8 Å². The third kappa shape index (κ3) is 4.35. The maximum absolute atomic E-state index is 14.0. The summed E-state index contributed by atoms with van der Waals surface area (Å²) in [7, 11) is 3.42. The number of primary amides is 1. The molecule has 5 N–H and O–H groups in total. The Hall–Kier alpha value is -3.89. The highest BCUT2D eigenvalue weighted by Gasteiger charge is 2.54. The lowest BCUT2D eigenvalue weighted by atomic mass is 9.60. The minimum Gasteiger partial charge on any atom is -0.511 e. The van der Waals surface area contributed by atoms with E-state index in [0.29, 0.717) is 42.2 Å². The number of rotatable bonds is 5. The molecule has 3 aliphatic carbocycles. The summed E-state index contributed by atoms with van der Waals surface area (Å²) in [4.78, 5) is 43.7. The number of piperidine rings is 1. The summed E-state index contributed by atoms with van der Waals surface area (Å²) < 4.78 is 5.99. The van der Waals surface area contributed by atoms with Crippen molar-refractivity contribution < 1.29 is 34.1 Å². The first kappa shape index (κ1) is 28.2. The summed E-state index contributed by atoms with van der Waals surface area (Å²) in [5.41, 5.74) is 7.39. The number of benzene rings is 1. The summed E-state index contributed by atoms with van der Waals surface area (Å²) >= 11 is 0. The van der Waals surface area contributed by atoms with Gasteiger partial charge in [0.1, 0.15) is 28.6 Å². The summed E-state index contributed by atoms with van der Waals surface area (Å²) in [5, 5.41) is 33.3. The molecular formula is C32H37N3O7. The number of nitrogens with zero attached hydrogens (tertiary/aromatic N) is 2. The van der Waals surface area contributed by atoms with Crippen LogP contribution >= 0.6 is 0 Å². The molecular weight excluding hydrogens is 538 g/mol. The fourth-order valence-corrected chi connectivity index (χ4v) is 7.64. The van der Waals surface area contributed by atoms with Crippen molar-refractivity contribution in [3.05, 3.63) is 63.8 Å². The number of hydrogen-bond donors (Lipinski definition) is 4. The number of Topliss-reactive ketones (excluding diaryl/α,β-unsaturated/α-hetero) is 2. The number of ketones is 2. The van der Waals surface area contributed by atoms with Crippen LogP contribution in [0.1, 0.15) is 47.7 Å². The molecule has 1 aromatic heterocycles. The molecule has 0 bridgehead atoms. The highest BCUT2D eigenvalue weighted by Crippen LogP contribution is 2.51. The van der Waals surface area contributed by atoms with E-state index in [-0.39, 0.29) is 16.9 Å². The van der Waals surface area contributed by atoms with Crippen LogP contribution in [-0.2, 0) is 22.6 Å². The van der Waals surface area contributed by atoms with E-state index in [2.05, 4.69) is 11.8 Å². The van der Waals surface area contributed by atoms with E-state index < -0.39 is 58.4 Å². The zero-order valence-electron chi connectivity index (χ0n) is 24.1. The van der Waals surface area contributed by atoms with E-state index in [1.807, 2.05) is 6.07 Å². The number of amides is 1. The molecule has 1 aliphatic heterocycles. The number of aromatic hydroxyl groups is 1. The number of likely N-dealkylation sites (N-methyl/N-ethyl adjacent to an activating group) is 1. The second kappa shape index (κ2) is 10.4. The van der Waals surface area contributed by atoms with Gasteiger partial charge in [-0.1, -0.05) is 6.92 Å². The third-order valence-corrected chi connectivity index (χ3v) is 9.71. The molecule has 1 fully saturated rings.